The van der Waals surface area contributed by atoms with Crippen molar-refractivity contribution in [3.63, 3.8) is 0 Å². The molecular formula is C28H34N4O6. The van der Waals surface area contributed by atoms with Gasteiger partial charge in [-0.05, 0) is 70.3 Å². The number of non-ortho nitro benzene ring substituents is 1. The number of urea groups is 1. The Bertz CT molecular complexity index is 1260. The van der Waals surface area contributed by atoms with Gasteiger partial charge in [0, 0.05) is 30.0 Å². The van der Waals surface area contributed by atoms with E-state index in [9.17, 15) is 24.5 Å². The Kier molecular flexibility index (Phi) is 9.46. The molecule has 0 saturated heterocycles. The zero-order valence-electron chi connectivity index (χ0n) is 22.4. The maximum atomic E-state index is 13.1. The standard InChI is InChI=1S/C28H34N4O6/c1-17(2)38-27(34)25-20(5)30-28(35)31(26(25)22-8-6-9-23(15-22)32(36)37)13-7-12-29-16-24(33)21-11-10-18(3)19(4)14-21/h6,8-11,14-15,17,25-26,29H,7,12-13,16H2,1-5H3. The molecule has 1 aliphatic heterocycles. The maximum Gasteiger partial charge on any atom is 0.344 e. The lowest BCUT2D eigenvalue weighted by Crippen LogP contribution is -2.48. The molecule has 2 amide bonds. The van der Waals surface area contributed by atoms with Gasteiger partial charge in [0.05, 0.1) is 23.6 Å². The SMILES string of the molecule is CC1=NC(=O)N(CCCNCC(=O)c2ccc(C)c(C)c2)C(c2cccc([N+](=O)[O-])c2)C1C(=O)OC(C)C. The van der Waals surface area contributed by atoms with E-state index in [-0.39, 0.29) is 30.7 Å². The number of amides is 2. The second-order valence-electron chi connectivity index (χ2n) is 9.74. The van der Waals surface area contributed by atoms with Crippen LogP contribution >= 0.6 is 0 Å². The molecule has 0 fully saturated rings. The first kappa shape index (κ1) is 28.6. The molecule has 1 N–H and O–H groups in total. The predicted octanol–water partition coefficient (Wildman–Crippen LogP) is 4.58. The van der Waals surface area contributed by atoms with E-state index in [1.54, 1.807) is 32.9 Å². The van der Waals surface area contributed by atoms with Crippen LogP contribution in [0.3, 0.4) is 0 Å². The average Bonchev–Trinajstić information content (AvgIpc) is 2.85. The smallest absolute Gasteiger partial charge is 0.344 e. The van der Waals surface area contributed by atoms with Gasteiger partial charge in [0.2, 0.25) is 0 Å². The molecule has 0 aromatic heterocycles. The summed E-state index contributed by atoms with van der Waals surface area (Å²) in [4.78, 5) is 55.0. The van der Waals surface area contributed by atoms with Gasteiger partial charge >= 0.3 is 12.0 Å². The number of aryl methyl sites for hydroxylation is 2. The van der Waals surface area contributed by atoms with Crippen LogP contribution in [-0.4, -0.2) is 59.1 Å². The number of hydrogen-bond donors (Lipinski definition) is 1. The van der Waals surface area contributed by atoms with Crippen molar-refractivity contribution in [3.05, 3.63) is 74.8 Å². The lowest BCUT2D eigenvalue weighted by Gasteiger charge is -2.38. The first-order valence-electron chi connectivity index (χ1n) is 12.6. The molecule has 10 nitrogen and oxygen atoms in total. The number of nitro benzene ring substituents is 1. The number of benzene rings is 2. The van der Waals surface area contributed by atoms with Gasteiger partial charge in [-0.25, -0.2) is 9.79 Å². The highest BCUT2D eigenvalue weighted by atomic mass is 16.6. The predicted molar refractivity (Wildman–Crippen MR) is 143 cm³/mol. The first-order chi connectivity index (χ1) is 18.0. The summed E-state index contributed by atoms with van der Waals surface area (Å²) in [6.45, 7) is 9.79. The molecule has 3 rings (SSSR count). The Morgan fingerprint density at radius 1 is 1.13 bits per heavy atom. The minimum Gasteiger partial charge on any atom is -0.462 e. The molecule has 0 bridgehead atoms. The minimum absolute atomic E-state index is 0.0339. The van der Waals surface area contributed by atoms with Crippen molar-refractivity contribution in [3.8, 4) is 0 Å². The van der Waals surface area contributed by atoms with Crippen LogP contribution in [0, 0.1) is 29.9 Å². The quantitative estimate of drug-likeness (QED) is 0.150. The summed E-state index contributed by atoms with van der Waals surface area (Å²) in [5.41, 5.74) is 3.41. The third-order valence-corrected chi connectivity index (χ3v) is 6.51. The number of ether oxygens (including phenoxy) is 1. The lowest BCUT2D eigenvalue weighted by atomic mass is 9.86. The molecule has 2 aromatic carbocycles. The first-order valence-corrected chi connectivity index (χ1v) is 12.6. The summed E-state index contributed by atoms with van der Waals surface area (Å²) in [6.07, 6.45) is 0.0870. The van der Waals surface area contributed by atoms with Crippen LogP contribution < -0.4 is 5.32 Å². The zero-order valence-corrected chi connectivity index (χ0v) is 22.4. The van der Waals surface area contributed by atoms with Crippen molar-refractivity contribution in [1.82, 2.24) is 10.2 Å². The summed E-state index contributed by atoms with van der Waals surface area (Å²) >= 11 is 0. The number of carbonyl (C=O) groups is 3. The Morgan fingerprint density at radius 2 is 1.87 bits per heavy atom. The maximum absolute atomic E-state index is 13.1. The van der Waals surface area contributed by atoms with Gasteiger partial charge in [-0.3, -0.25) is 19.7 Å². The highest BCUT2D eigenvalue weighted by Gasteiger charge is 2.43. The van der Waals surface area contributed by atoms with Crippen molar-refractivity contribution in [2.45, 2.75) is 53.2 Å². The van der Waals surface area contributed by atoms with Crippen LogP contribution in [0.2, 0.25) is 0 Å². The van der Waals surface area contributed by atoms with Gasteiger partial charge in [0.25, 0.3) is 5.69 Å². The molecular weight excluding hydrogens is 488 g/mol. The average molecular weight is 523 g/mol. The monoisotopic (exact) mass is 522 g/mol. The van der Waals surface area contributed by atoms with Crippen LogP contribution in [0.1, 0.15) is 60.3 Å². The number of nitro groups is 1. The zero-order chi connectivity index (χ0) is 28.0. The number of Topliss-reactive ketones (excluding diaryl/α,β-unsaturated/α-hetero) is 1. The van der Waals surface area contributed by atoms with E-state index in [1.165, 1.54) is 23.1 Å². The highest BCUT2D eigenvalue weighted by molar-refractivity contribution is 6.08. The summed E-state index contributed by atoms with van der Waals surface area (Å²) in [5, 5.41) is 14.5. The van der Waals surface area contributed by atoms with E-state index in [4.69, 9.17) is 4.74 Å². The van der Waals surface area contributed by atoms with Crippen LogP contribution in [0.5, 0.6) is 0 Å². The van der Waals surface area contributed by atoms with Crippen molar-refractivity contribution >= 4 is 29.2 Å². The highest BCUT2D eigenvalue weighted by Crippen LogP contribution is 2.36. The molecule has 1 aliphatic rings. The number of esters is 1. The minimum atomic E-state index is -0.906. The molecule has 0 saturated carbocycles. The van der Waals surface area contributed by atoms with Gasteiger partial charge in [-0.2, -0.15) is 0 Å². The normalized spacial score (nSPS) is 17.4. The molecule has 2 atom stereocenters. The van der Waals surface area contributed by atoms with Crippen LogP contribution in [0.25, 0.3) is 0 Å². The Hall–Kier alpha value is -3.92. The Morgan fingerprint density at radius 3 is 2.53 bits per heavy atom. The topological polar surface area (TPSA) is 131 Å². The summed E-state index contributed by atoms with van der Waals surface area (Å²) in [6, 6.07) is 10.2. The summed E-state index contributed by atoms with van der Waals surface area (Å²) < 4.78 is 5.46. The second-order valence-corrected chi connectivity index (χ2v) is 9.74. The number of aliphatic imine (C=N–C) groups is 1. The molecule has 38 heavy (non-hydrogen) atoms. The van der Waals surface area contributed by atoms with Crippen molar-refractivity contribution in [2.75, 3.05) is 19.6 Å². The third kappa shape index (κ3) is 6.89. The van der Waals surface area contributed by atoms with Gasteiger partial charge in [0.15, 0.2) is 5.78 Å². The van der Waals surface area contributed by atoms with Crippen molar-refractivity contribution in [1.29, 1.82) is 0 Å². The fraction of sp³-hybridized carbons (Fsp3) is 0.429. The Labute approximate surface area is 222 Å². The van der Waals surface area contributed by atoms with E-state index in [0.29, 0.717) is 29.8 Å². The van der Waals surface area contributed by atoms with E-state index in [0.717, 1.165) is 11.1 Å². The molecule has 2 aromatic rings. The van der Waals surface area contributed by atoms with Gasteiger partial charge in [-0.15, -0.1) is 0 Å². The lowest BCUT2D eigenvalue weighted by molar-refractivity contribution is -0.385. The molecule has 1 heterocycles. The van der Waals surface area contributed by atoms with Crippen LogP contribution in [0.15, 0.2) is 47.5 Å². The molecule has 0 radical (unpaired) electrons. The number of hydrogen-bond acceptors (Lipinski definition) is 7. The van der Waals surface area contributed by atoms with Crippen molar-refractivity contribution < 1.29 is 24.0 Å². The fourth-order valence-corrected chi connectivity index (χ4v) is 4.44. The third-order valence-electron chi connectivity index (χ3n) is 6.51. The van der Waals surface area contributed by atoms with E-state index >= 15 is 0 Å². The number of ketones is 1. The van der Waals surface area contributed by atoms with Crippen LogP contribution in [-0.2, 0) is 9.53 Å². The van der Waals surface area contributed by atoms with Gasteiger partial charge < -0.3 is 15.0 Å². The second kappa shape index (κ2) is 12.6. The number of carbonyl (C=O) groups excluding carboxylic acids is 3. The molecule has 0 aliphatic carbocycles. The molecule has 202 valence electrons. The van der Waals surface area contributed by atoms with E-state index in [1.807, 2.05) is 26.0 Å². The summed E-state index contributed by atoms with van der Waals surface area (Å²) in [5.74, 6) is -1.49. The number of rotatable bonds is 11. The van der Waals surface area contributed by atoms with Gasteiger partial charge in [0.1, 0.15) is 5.92 Å². The van der Waals surface area contributed by atoms with Gasteiger partial charge in [-0.1, -0.05) is 24.3 Å². The fourth-order valence-electron chi connectivity index (χ4n) is 4.44. The van der Waals surface area contributed by atoms with Crippen LogP contribution in [0.4, 0.5) is 10.5 Å². The molecule has 10 heteroatoms. The van der Waals surface area contributed by atoms with E-state index in [2.05, 4.69) is 10.3 Å². The Balaban J connectivity index is 1.76. The molecule has 0 spiro atoms. The molecule has 2 unspecified atom stereocenters. The van der Waals surface area contributed by atoms with Crippen molar-refractivity contribution in [2.24, 2.45) is 10.9 Å². The van der Waals surface area contributed by atoms with E-state index < -0.39 is 28.9 Å². The number of nitrogens with one attached hydrogen (secondary N) is 1. The summed E-state index contributed by atoms with van der Waals surface area (Å²) in [7, 11) is 0. The number of nitrogens with zero attached hydrogens (tertiary/aromatic N) is 3. The largest absolute Gasteiger partial charge is 0.462 e.